The van der Waals surface area contributed by atoms with Crippen molar-refractivity contribution in [2.24, 2.45) is 5.92 Å². The van der Waals surface area contributed by atoms with Crippen molar-refractivity contribution in [3.8, 4) is 0 Å². The lowest BCUT2D eigenvalue weighted by molar-refractivity contribution is -0.135. The number of nitrogens with one attached hydrogen (secondary N) is 1. The van der Waals surface area contributed by atoms with E-state index in [4.69, 9.17) is 0 Å². The normalized spacial score (nSPS) is 29.4. The summed E-state index contributed by atoms with van der Waals surface area (Å²) in [5.74, 6) is -0.0578. The van der Waals surface area contributed by atoms with E-state index in [1.165, 1.54) is 6.42 Å². The highest BCUT2D eigenvalue weighted by molar-refractivity contribution is 5.89. The number of nitrogens with zero attached hydrogens (tertiary/aromatic N) is 2. The van der Waals surface area contributed by atoms with Crippen LogP contribution < -0.4 is 5.32 Å². The van der Waals surface area contributed by atoms with Crippen molar-refractivity contribution >= 4 is 11.8 Å². The number of amides is 2. The van der Waals surface area contributed by atoms with E-state index in [1.807, 2.05) is 7.05 Å². The molecule has 96 valence electrons. The van der Waals surface area contributed by atoms with Gasteiger partial charge in [-0.15, -0.1) is 0 Å². The number of carbonyl (C=O) groups is 2. The highest BCUT2D eigenvalue weighted by Crippen LogP contribution is 2.17. The van der Waals surface area contributed by atoms with Gasteiger partial charge in [-0.1, -0.05) is 0 Å². The number of hydrogen-bond acceptors (Lipinski definition) is 3. The highest BCUT2D eigenvalue weighted by atomic mass is 16.2. The molecule has 0 aromatic heterocycles. The molecule has 0 aromatic rings. The van der Waals surface area contributed by atoms with Crippen LogP contribution in [0.4, 0.5) is 0 Å². The van der Waals surface area contributed by atoms with Gasteiger partial charge in [-0.05, 0) is 26.4 Å². The molecule has 0 radical (unpaired) electrons. The number of likely N-dealkylation sites (N-methyl/N-ethyl adjacent to an activating group) is 2. The zero-order valence-corrected chi connectivity index (χ0v) is 10.6. The first-order valence-electron chi connectivity index (χ1n) is 6.30. The standard InChI is InChI=1S/C12H21N3O2/c1-14-5-3-4-10(14)8-15(2)12(17)9-6-11(16)13-7-9/h9-10H,3-8H2,1-2H3,(H,13,16). The third kappa shape index (κ3) is 2.77. The van der Waals surface area contributed by atoms with Gasteiger partial charge in [0, 0.05) is 32.6 Å². The smallest absolute Gasteiger partial charge is 0.227 e. The molecule has 2 fully saturated rings. The van der Waals surface area contributed by atoms with Crippen molar-refractivity contribution in [3.05, 3.63) is 0 Å². The molecule has 0 saturated carbocycles. The van der Waals surface area contributed by atoms with Gasteiger partial charge in [0.05, 0.1) is 5.92 Å². The lowest BCUT2D eigenvalue weighted by Crippen LogP contribution is -2.42. The third-order valence-corrected chi connectivity index (χ3v) is 3.86. The first-order chi connectivity index (χ1) is 8.08. The van der Waals surface area contributed by atoms with Crippen LogP contribution in [0.5, 0.6) is 0 Å². The van der Waals surface area contributed by atoms with Gasteiger partial charge in [0.25, 0.3) is 0 Å². The molecule has 5 nitrogen and oxygen atoms in total. The molecule has 2 saturated heterocycles. The Hall–Kier alpha value is -1.10. The Balaban J connectivity index is 1.84. The topological polar surface area (TPSA) is 52.6 Å². The zero-order chi connectivity index (χ0) is 12.4. The van der Waals surface area contributed by atoms with Gasteiger partial charge >= 0.3 is 0 Å². The molecule has 0 aromatic carbocycles. The number of carbonyl (C=O) groups excluding carboxylic acids is 2. The summed E-state index contributed by atoms with van der Waals surface area (Å²) >= 11 is 0. The van der Waals surface area contributed by atoms with Crippen LogP contribution in [-0.4, -0.2) is 61.4 Å². The van der Waals surface area contributed by atoms with Crippen LogP contribution in [0.25, 0.3) is 0 Å². The van der Waals surface area contributed by atoms with Crippen molar-refractivity contribution in [2.75, 3.05) is 33.7 Å². The molecule has 0 spiro atoms. The minimum atomic E-state index is -0.154. The molecule has 2 atom stereocenters. The minimum Gasteiger partial charge on any atom is -0.355 e. The summed E-state index contributed by atoms with van der Waals surface area (Å²) in [4.78, 5) is 27.3. The Morgan fingerprint density at radius 2 is 2.35 bits per heavy atom. The van der Waals surface area contributed by atoms with Crippen LogP contribution in [0.3, 0.4) is 0 Å². The summed E-state index contributed by atoms with van der Waals surface area (Å²) in [6.45, 7) is 2.40. The fraction of sp³-hybridized carbons (Fsp3) is 0.833. The van der Waals surface area contributed by atoms with Crippen molar-refractivity contribution in [1.82, 2.24) is 15.1 Å². The summed E-state index contributed by atoms with van der Waals surface area (Å²) in [6, 6.07) is 0.481. The third-order valence-electron chi connectivity index (χ3n) is 3.86. The van der Waals surface area contributed by atoms with E-state index < -0.39 is 0 Å². The van der Waals surface area contributed by atoms with E-state index in [1.54, 1.807) is 4.90 Å². The molecule has 2 aliphatic heterocycles. The van der Waals surface area contributed by atoms with E-state index >= 15 is 0 Å². The summed E-state index contributed by atoms with van der Waals surface area (Å²) in [7, 11) is 3.95. The van der Waals surface area contributed by atoms with Gasteiger partial charge in [0.15, 0.2) is 0 Å². The largest absolute Gasteiger partial charge is 0.355 e. The molecule has 0 bridgehead atoms. The Labute approximate surface area is 102 Å². The van der Waals surface area contributed by atoms with Gasteiger partial charge in [-0.2, -0.15) is 0 Å². The molecule has 17 heavy (non-hydrogen) atoms. The van der Waals surface area contributed by atoms with Crippen LogP contribution >= 0.6 is 0 Å². The van der Waals surface area contributed by atoms with Crippen molar-refractivity contribution in [3.63, 3.8) is 0 Å². The van der Waals surface area contributed by atoms with E-state index in [-0.39, 0.29) is 17.7 Å². The maximum absolute atomic E-state index is 12.1. The van der Waals surface area contributed by atoms with Crippen LogP contribution in [0.2, 0.25) is 0 Å². The van der Waals surface area contributed by atoms with E-state index in [2.05, 4.69) is 17.3 Å². The summed E-state index contributed by atoms with van der Waals surface area (Å²) < 4.78 is 0. The first kappa shape index (κ1) is 12.4. The predicted octanol–water partition coefficient (Wildman–Crippen LogP) is -0.325. The predicted molar refractivity (Wildman–Crippen MR) is 64.4 cm³/mol. The summed E-state index contributed by atoms with van der Waals surface area (Å²) in [5, 5.41) is 2.71. The lowest BCUT2D eigenvalue weighted by Gasteiger charge is -2.27. The zero-order valence-electron chi connectivity index (χ0n) is 10.6. The Morgan fingerprint density at radius 3 is 2.88 bits per heavy atom. The van der Waals surface area contributed by atoms with Crippen LogP contribution in [0.1, 0.15) is 19.3 Å². The van der Waals surface area contributed by atoms with Crippen molar-refractivity contribution in [2.45, 2.75) is 25.3 Å². The number of likely N-dealkylation sites (tertiary alicyclic amines) is 1. The Morgan fingerprint density at radius 1 is 1.59 bits per heavy atom. The summed E-state index contributed by atoms with van der Waals surface area (Å²) in [6.07, 6.45) is 2.73. The van der Waals surface area contributed by atoms with E-state index in [0.29, 0.717) is 19.0 Å². The average molecular weight is 239 g/mol. The van der Waals surface area contributed by atoms with Crippen molar-refractivity contribution in [1.29, 1.82) is 0 Å². The Kier molecular flexibility index (Phi) is 3.66. The molecule has 0 aliphatic carbocycles. The second kappa shape index (κ2) is 5.04. The fourth-order valence-corrected chi connectivity index (χ4v) is 2.71. The maximum Gasteiger partial charge on any atom is 0.227 e. The first-order valence-corrected chi connectivity index (χ1v) is 6.30. The molecule has 2 amide bonds. The molecule has 2 heterocycles. The van der Waals surface area contributed by atoms with Gasteiger partial charge in [-0.25, -0.2) is 0 Å². The molecular weight excluding hydrogens is 218 g/mol. The van der Waals surface area contributed by atoms with Crippen LogP contribution in [0, 0.1) is 5.92 Å². The maximum atomic E-state index is 12.1. The molecule has 2 rings (SSSR count). The monoisotopic (exact) mass is 239 g/mol. The number of rotatable bonds is 3. The highest BCUT2D eigenvalue weighted by Gasteiger charge is 2.31. The molecular formula is C12H21N3O2. The molecule has 1 N–H and O–H groups in total. The second-order valence-electron chi connectivity index (χ2n) is 5.20. The van der Waals surface area contributed by atoms with Crippen LogP contribution in [0.15, 0.2) is 0 Å². The SMILES string of the molecule is CN(CC1CCCN1C)C(=O)C1CNC(=O)C1. The average Bonchev–Trinajstić information content (AvgIpc) is 2.88. The molecule has 2 unspecified atom stereocenters. The quantitative estimate of drug-likeness (QED) is 0.734. The minimum absolute atomic E-state index is 0.00488. The van der Waals surface area contributed by atoms with Gasteiger partial charge in [-0.3, -0.25) is 9.59 Å². The number of hydrogen-bond donors (Lipinski definition) is 1. The van der Waals surface area contributed by atoms with Gasteiger partial charge < -0.3 is 15.1 Å². The van der Waals surface area contributed by atoms with Crippen molar-refractivity contribution < 1.29 is 9.59 Å². The summed E-state index contributed by atoms with van der Waals surface area (Å²) in [5.41, 5.74) is 0. The fourth-order valence-electron chi connectivity index (χ4n) is 2.71. The second-order valence-corrected chi connectivity index (χ2v) is 5.20. The van der Waals surface area contributed by atoms with Crippen LogP contribution in [-0.2, 0) is 9.59 Å². The lowest BCUT2D eigenvalue weighted by atomic mass is 10.1. The Bertz CT molecular complexity index is 319. The van der Waals surface area contributed by atoms with Gasteiger partial charge in [0.1, 0.15) is 0 Å². The molecule has 2 aliphatic rings. The molecule has 5 heteroatoms. The van der Waals surface area contributed by atoms with E-state index in [0.717, 1.165) is 19.5 Å². The van der Waals surface area contributed by atoms with E-state index in [9.17, 15) is 9.59 Å². The van der Waals surface area contributed by atoms with Gasteiger partial charge in [0.2, 0.25) is 11.8 Å².